The van der Waals surface area contributed by atoms with Crippen molar-refractivity contribution in [3.63, 3.8) is 0 Å². The van der Waals surface area contributed by atoms with Gasteiger partial charge >= 0.3 is 12.0 Å². The number of carbonyl (C=O) groups is 2. The van der Waals surface area contributed by atoms with E-state index < -0.39 is 17.6 Å². The van der Waals surface area contributed by atoms with Gasteiger partial charge in [0.15, 0.2) is 0 Å². The monoisotopic (exact) mass is 316 g/mol. The molecular weight excluding hydrogens is 304 g/mol. The summed E-state index contributed by atoms with van der Waals surface area (Å²) in [7, 11) is 0. The maximum Gasteiger partial charge on any atom is 0.417 e. The molecule has 7 nitrogen and oxygen atoms in total. The van der Waals surface area contributed by atoms with Crippen LogP contribution in [0.1, 0.15) is 31.4 Å². The Morgan fingerprint density at radius 1 is 1.33 bits per heavy atom. The number of hydrogen-bond acceptors (Lipinski definition) is 5. The second-order valence-electron chi connectivity index (χ2n) is 4.88. The van der Waals surface area contributed by atoms with Crippen LogP contribution in [-0.4, -0.2) is 43.8 Å². The molecule has 0 radical (unpaired) electrons. The number of nitrogens with zero attached hydrogens (tertiary/aromatic N) is 4. The van der Waals surface area contributed by atoms with Crippen LogP contribution >= 0.6 is 15.9 Å². The van der Waals surface area contributed by atoms with Crippen molar-refractivity contribution in [2.24, 2.45) is 0 Å². The van der Waals surface area contributed by atoms with Gasteiger partial charge in [-0.25, -0.2) is 9.69 Å². The second kappa shape index (κ2) is 4.34. The van der Waals surface area contributed by atoms with Gasteiger partial charge in [0.1, 0.15) is 5.60 Å². The lowest BCUT2D eigenvalue weighted by Gasteiger charge is -2.28. The molecule has 1 aliphatic rings. The number of imide groups is 1. The van der Waals surface area contributed by atoms with E-state index in [1.54, 1.807) is 25.3 Å². The minimum absolute atomic E-state index is 0.138. The van der Waals surface area contributed by atoms with Crippen molar-refractivity contribution in [1.82, 2.24) is 19.7 Å². The van der Waals surface area contributed by atoms with E-state index in [9.17, 15) is 9.59 Å². The molecule has 0 saturated carbocycles. The summed E-state index contributed by atoms with van der Waals surface area (Å²) in [5.74, 6) is -0.354. The molecule has 0 spiro atoms. The Morgan fingerprint density at radius 3 is 2.61 bits per heavy atom. The van der Waals surface area contributed by atoms with Crippen LogP contribution in [0.5, 0.6) is 0 Å². The Bertz CT molecular complexity index is 506. The normalized spacial score (nSPS) is 15.6. The van der Waals surface area contributed by atoms with Crippen molar-refractivity contribution in [2.45, 2.75) is 32.9 Å². The zero-order valence-corrected chi connectivity index (χ0v) is 11.9. The molecule has 18 heavy (non-hydrogen) atoms. The molecule has 0 fully saturated rings. The first-order chi connectivity index (χ1) is 8.29. The van der Waals surface area contributed by atoms with Crippen molar-refractivity contribution in [3.05, 3.63) is 10.6 Å². The SMILES string of the molecule is CC(C)(C)OC(=O)N1CCn2c(Br)nnc2C1=O. The third kappa shape index (κ3) is 2.38. The minimum atomic E-state index is -0.655. The van der Waals surface area contributed by atoms with Crippen molar-refractivity contribution >= 4 is 27.9 Å². The van der Waals surface area contributed by atoms with Gasteiger partial charge in [0.2, 0.25) is 10.6 Å². The fraction of sp³-hybridized carbons (Fsp3) is 0.600. The van der Waals surface area contributed by atoms with Crippen LogP contribution < -0.4 is 0 Å². The number of hydrogen-bond donors (Lipinski definition) is 0. The molecule has 0 unspecified atom stereocenters. The maximum atomic E-state index is 12.0. The van der Waals surface area contributed by atoms with E-state index in [0.29, 0.717) is 11.3 Å². The summed E-state index contributed by atoms with van der Waals surface area (Å²) in [6.45, 7) is 5.94. The molecule has 2 rings (SSSR count). The highest BCUT2D eigenvalue weighted by Crippen LogP contribution is 2.18. The Morgan fingerprint density at radius 2 is 2.00 bits per heavy atom. The summed E-state index contributed by atoms with van der Waals surface area (Å²) in [5, 5.41) is 7.48. The van der Waals surface area contributed by atoms with Gasteiger partial charge in [-0.3, -0.25) is 9.36 Å². The number of aromatic nitrogens is 3. The summed E-state index contributed by atoms with van der Waals surface area (Å²) in [5.41, 5.74) is -0.636. The van der Waals surface area contributed by atoms with E-state index in [0.717, 1.165) is 4.90 Å². The van der Waals surface area contributed by atoms with Crippen molar-refractivity contribution in [2.75, 3.05) is 6.54 Å². The van der Waals surface area contributed by atoms with Crippen LogP contribution in [0.25, 0.3) is 0 Å². The molecule has 0 aromatic carbocycles. The molecule has 1 aromatic rings. The summed E-state index contributed by atoms with van der Waals surface area (Å²) in [4.78, 5) is 24.9. The number of ether oxygens (including phenoxy) is 1. The summed E-state index contributed by atoms with van der Waals surface area (Å²) in [6.07, 6.45) is -0.655. The quantitative estimate of drug-likeness (QED) is 0.723. The van der Waals surface area contributed by atoms with Crippen LogP contribution in [0.15, 0.2) is 4.73 Å². The molecule has 8 heteroatoms. The number of amides is 2. The molecule has 2 heterocycles. The molecular formula is C10H13BrN4O3. The topological polar surface area (TPSA) is 77.3 Å². The van der Waals surface area contributed by atoms with Gasteiger partial charge in [0.05, 0.1) is 6.54 Å². The summed E-state index contributed by atoms with van der Waals surface area (Å²) < 4.78 is 7.26. The fourth-order valence-corrected chi connectivity index (χ4v) is 1.98. The molecule has 1 aliphatic heterocycles. The van der Waals surface area contributed by atoms with Gasteiger partial charge in [-0.05, 0) is 36.7 Å². The van der Waals surface area contributed by atoms with Crippen LogP contribution in [-0.2, 0) is 11.3 Å². The van der Waals surface area contributed by atoms with Crippen LogP contribution in [0.2, 0.25) is 0 Å². The standard InChI is InChI=1S/C10H13BrN4O3/c1-10(2,3)18-9(17)15-5-4-14-6(7(15)16)12-13-8(14)11/h4-5H2,1-3H3. The van der Waals surface area contributed by atoms with Gasteiger partial charge in [-0.2, -0.15) is 0 Å². The van der Waals surface area contributed by atoms with Crippen LogP contribution in [0.4, 0.5) is 4.79 Å². The zero-order chi connectivity index (χ0) is 13.5. The fourth-order valence-electron chi connectivity index (χ4n) is 1.55. The van der Waals surface area contributed by atoms with E-state index in [4.69, 9.17) is 4.74 Å². The van der Waals surface area contributed by atoms with Gasteiger partial charge < -0.3 is 4.74 Å². The third-order valence-corrected chi connectivity index (χ3v) is 2.89. The highest BCUT2D eigenvalue weighted by atomic mass is 79.9. The molecule has 2 amide bonds. The predicted octanol–water partition coefficient (Wildman–Crippen LogP) is 1.43. The summed E-state index contributed by atoms with van der Waals surface area (Å²) >= 11 is 3.19. The van der Waals surface area contributed by atoms with Crippen molar-refractivity contribution in [1.29, 1.82) is 0 Å². The van der Waals surface area contributed by atoms with Crippen LogP contribution in [0.3, 0.4) is 0 Å². The lowest BCUT2D eigenvalue weighted by atomic mass is 10.2. The van der Waals surface area contributed by atoms with E-state index >= 15 is 0 Å². The highest BCUT2D eigenvalue weighted by molar-refractivity contribution is 9.10. The maximum absolute atomic E-state index is 12.0. The molecule has 0 bridgehead atoms. The Labute approximate surface area is 112 Å². The Balaban J connectivity index is 2.19. The summed E-state index contributed by atoms with van der Waals surface area (Å²) in [6, 6.07) is 0. The first kappa shape index (κ1) is 13.0. The lowest BCUT2D eigenvalue weighted by Crippen LogP contribution is -2.46. The second-order valence-corrected chi connectivity index (χ2v) is 5.59. The largest absolute Gasteiger partial charge is 0.443 e. The molecule has 98 valence electrons. The van der Waals surface area contributed by atoms with E-state index in [2.05, 4.69) is 26.1 Å². The number of fused-ring (bicyclic) bond motifs is 1. The highest BCUT2D eigenvalue weighted by Gasteiger charge is 2.34. The molecule has 1 aromatic heterocycles. The van der Waals surface area contributed by atoms with Gasteiger partial charge in [-0.15, -0.1) is 10.2 Å². The Kier molecular flexibility index (Phi) is 3.14. The molecule has 0 saturated heterocycles. The zero-order valence-electron chi connectivity index (χ0n) is 10.3. The van der Waals surface area contributed by atoms with Gasteiger partial charge in [0, 0.05) is 6.54 Å². The van der Waals surface area contributed by atoms with Crippen LogP contribution in [0, 0.1) is 0 Å². The molecule has 0 atom stereocenters. The average molecular weight is 317 g/mol. The van der Waals surface area contributed by atoms with Gasteiger partial charge in [-0.1, -0.05) is 0 Å². The van der Waals surface area contributed by atoms with E-state index in [1.165, 1.54) is 0 Å². The number of carbonyl (C=O) groups excluding carboxylic acids is 2. The predicted molar refractivity (Wildman–Crippen MR) is 65.0 cm³/mol. The average Bonchev–Trinajstić information content (AvgIpc) is 2.59. The first-order valence-electron chi connectivity index (χ1n) is 5.43. The van der Waals surface area contributed by atoms with Gasteiger partial charge in [0.25, 0.3) is 0 Å². The molecule has 0 aliphatic carbocycles. The lowest BCUT2D eigenvalue weighted by molar-refractivity contribution is 0.0210. The first-order valence-corrected chi connectivity index (χ1v) is 6.22. The van der Waals surface area contributed by atoms with E-state index in [1.807, 2.05) is 0 Å². The Hall–Kier alpha value is -1.44. The van der Waals surface area contributed by atoms with Crippen molar-refractivity contribution < 1.29 is 14.3 Å². The minimum Gasteiger partial charge on any atom is -0.443 e. The number of rotatable bonds is 0. The van der Waals surface area contributed by atoms with Crippen molar-refractivity contribution in [3.8, 4) is 0 Å². The number of halogens is 1. The van der Waals surface area contributed by atoms with E-state index in [-0.39, 0.29) is 12.4 Å². The third-order valence-electron chi connectivity index (χ3n) is 2.30. The smallest absolute Gasteiger partial charge is 0.417 e. The molecule has 0 N–H and O–H groups in total.